The average molecular weight is 412 g/mol. The van der Waals surface area contributed by atoms with Crippen LogP contribution in [0.4, 0.5) is 5.69 Å². The van der Waals surface area contributed by atoms with Crippen LogP contribution in [0, 0.1) is 0 Å². The maximum atomic E-state index is 12.7. The van der Waals surface area contributed by atoms with Crippen LogP contribution in [0.1, 0.15) is 5.56 Å². The SMILES string of the molecule is COc1cc(Cl)cc(/C=C2/SC(=S)N(c3cccc(Cl)c3)C2=O)c1O. The zero-order chi connectivity index (χ0) is 18.1. The Morgan fingerprint density at radius 2 is 2.00 bits per heavy atom. The Morgan fingerprint density at radius 1 is 1.24 bits per heavy atom. The highest BCUT2D eigenvalue weighted by atomic mass is 35.5. The van der Waals surface area contributed by atoms with E-state index < -0.39 is 0 Å². The summed E-state index contributed by atoms with van der Waals surface area (Å²) < 4.78 is 5.46. The van der Waals surface area contributed by atoms with E-state index in [9.17, 15) is 9.90 Å². The fraction of sp³-hybridized carbons (Fsp3) is 0.0588. The number of halogens is 2. The third kappa shape index (κ3) is 3.62. The summed E-state index contributed by atoms with van der Waals surface area (Å²) in [7, 11) is 1.42. The molecule has 25 heavy (non-hydrogen) atoms. The number of nitrogens with zero attached hydrogens (tertiary/aromatic N) is 1. The van der Waals surface area contributed by atoms with E-state index in [0.29, 0.717) is 30.5 Å². The van der Waals surface area contributed by atoms with Crippen LogP contribution in [0.3, 0.4) is 0 Å². The van der Waals surface area contributed by atoms with E-state index in [1.54, 1.807) is 30.3 Å². The molecule has 0 bridgehead atoms. The van der Waals surface area contributed by atoms with Gasteiger partial charge in [-0.1, -0.05) is 53.2 Å². The Bertz CT molecular complexity index is 915. The lowest BCUT2D eigenvalue weighted by atomic mass is 10.1. The van der Waals surface area contributed by atoms with E-state index in [-0.39, 0.29) is 17.4 Å². The molecule has 1 aliphatic rings. The number of anilines is 1. The summed E-state index contributed by atoms with van der Waals surface area (Å²) in [6, 6.07) is 9.91. The molecule has 0 radical (unpaired) electrons. The predicted octanol–water partition coefficient (Wildman–Crippen LogP) is 5.11. The largest absolute Gasteiger partial charge is 0.504 e. The smallest absolute Gasteiger partial charge is 0.270 e. The van der Waals surface area contributed by atoms with E-state index in [1.807, 2.05) is 0 Å². The normalized spacial score (nSPS) is 16.0. The van der Waals surface area contributed by atoms with Crippen molar-refractivity contribution in [2.45, 2.75) is 0 Å². The molecule has 128 valence electrons. The van der Waals surface area contributed by atoms with Crippen molar-refractivity contribution in [2.24, 2.45) is 0 Å². The predicted molar refractivity (Wildman–Crippen MR) is 107 cm³/mol. The van der Waals surface area contributed by atoms with Gasteiger partial charge in [0.1, 0.15) is 0 Å². The first-order valence-corrected chi connectivity index (χ1v) is 8.99. The molecule has 1 aliphatic heterocycles. The number of phenolic OH excluding ortho intramolecular Hbond substituents is 1. The van der Waals surface area contributed by atoms with Crippen molar-refractivity contribution in [3.8, 4) is 11.5 Å². The van der Waals surface area contributed by atoms with Gasteiger partial charge in [0, 0.05) is 21.7 Å². The van der Waals surface area contributed by atoms with E-state index in [2.05, 4.69) is 0 Å². The number of thioether (sulfide) groups is 1. The number of hydrogen-bond acceptors (Lipinski definition) is 5. The van der Waals surface area contributed by atoms with Crippen LogP contribution in [0.25, 0.3) is 6.08 Å². The Kier molecular flexibility index (Phi) is 5.24. The third-order valence-electron chi connectivity index (χ3n) is 3.44. The lowest BCUT2D eigenvalue weighted by Gasteiger charge is -2.14. The first-order valence-electron chi connectivity index (χ1n) is 7.00. The number of amides is 1. The highest BCUT2D eigenvalue weighted by molar-refractivity contribution is 8.27. The maximum Gasteiger partial charge on any atom is 0.270 e. The molecule has 1 fully saturated rings. The van der Waals surface area contributed by atoms with E-state index in [0.717, 1.165) is 11.8 Å². The van der Waals surface area contributed by atoms with Crippen LogP contribution >= 0.6 is 47.2 Å². The third-order valence-corrected chi connectivity index (χ3v) is 5.19. The lowest BCUT2D eigenvalue weighted by Crippen LogP contribution is -2.27. The number of carbonyl (C=O) groups is 1. The second-order valence-corrected chi connectivity index (χ2v) is 7.59. The minimum absolute atomic E-state index is 0.0973. The monoisotopic (exact) mass is 411 g/mol. The fourth-order valence-electron chi connectivity index (χ4n) is 2.31. The van der Waals surface area contributed by atoms with Crippen molar-refractivity contribution in [1.82, 2.24) is 0 Å². The molecule has 1 heterocycles. The van der Waals surface area contributed by atoms with E-state index >= 15 is 0 Å². The minimum atomic E-state index is -0.296. The molecule has 4 nitrogen and oxygen atoms in total. The number of ether oxygens (including phenoxy) is 1. The number of methoxy groups -OCH3 is 1. The van der Waals surface area contributed by atoms with Crippen LogP contribution in [-0.4, -0.2) is 22.4 Å². The molecule has 3 rings (SSSR count). The van der Waals surface area contributed by atoms with Crippen LogP contribution in [0.5, 0.6) is 11.5 Å². The van der Waals surface area contributed by atoms with Crippen molar-refractivity contribution in [1.29, 1.82) is 0 Å². The van der Waals surface area contributed by atoms with Gasteiger partial charge in [0.2, 0.25) is 0 Å². The van der Waals surface area contributed by atoms with E-state index in [1.165, 1.54) is 24.2 Å². The van der Waals surface area contributed by atoms with Gasteiger partial charge in [0.15, 0.2) is 15.8 Å². The molecule has 0 spiro atoms. The number of phenols is 1. The quantitative estimate of drug-likeness (QED) is 0.561. The molecular formula is C17H11Cl2NO3S2. The summed E-state index contributed by atoms with van der Waals surface area (Å²) in [5.41, 5.74) is 0.960. The van der Waals surface area contributed by atoms with Gasteiger partial charge in [-0.15, -0.1) is 0 Å². The first-order chi connectivity index (χ1) is 11.9. The molecule has 1 amide bonds. The molecule has 0 atom stereocenters. The Hall–Kier alpha value is -1.73. The molecule has 1 N–H and O–H groups in total. The average Bonchev–Trinajstić information content (AvgIpc) is 2.84. The first kappa shape index (κ1) is 18.1. The molecule has 8 heteroatoms. The molecular weight excluding hydrogens is 401 g/mol. The van der Waals surface area contributed by atoms with Gasteiger partial charge in [-0.2, -0.15) is 0 Å². The van der Waals surface area contributed by atoms with Gasteiger partial charge < -0.3 is 9.84 Å². The number of rotatable bonds is 3. The summed E-state index contributed by atoms with van der Waals surface area (Å²) in [5.74, 6) is -0.167. The number of thiocarbonyl (C=S) groups is 1. The zero-order valence-corrected chi connectivity index (χ0v) is 16.0. The minimum Gasteiger partial charge on any atom is -0.504 e. The maximum absolute atomic E-state index is 12.7. The number of hydrogen-bond donors (Lipinski definition) is 1. The highest BCUT2D eigenvalue weighted by Gasteiger charge is 2.33. The number of aromatic hydroxyl groups is 1. The Labute approximate surface area is 164 Å². The highest BCUT2D eigenvalue weighted by Crippen LogP contribution is 2.40. The van der Waals surface area contributed by atoms with Gasteiger partial charge in [0.05, 0.1) is 17.7 Å². The summed E-state index contributed by atoms with van der Waals surface area (Å²) in [5, 5.41) is 11.1. The molecule has 0 saturated carbocycles. The number of benzene rings is 2. The number of carbonyl (C=O) groups excluding carboxylic acids is 1. The second kappa shape index (κ2) is 7.25. The van der Waals surface area contributed by atoms with Crippen LogP contribution in [0.15, 0.2) is 41.3 Å². The summed E-state index contributed by atoms with van der Waals surface area (Å²) >= 11 is 18.5. The Morgan fingerprint density at radius 3 is 2.68 bits per heavy atom. The van der Waals surface area contributed by atoms with Crippen molar-refractivity contribution < 1.29 is 14.6 Å². The summed E-state index contributed by atoms with van der Waals surface area (Å²) in [6.07, 6.45) is 1.54. The van der Waals surface area contributed by atoms with Gasteiger partial charge in [0.25, 0.3) is 5.91 Å². The Balaban J connectivity index is 2.00. The van der Waals surface area contributed by atoms with Crippen LogP contribution < -0.4 is 9.64 Å². The van der Waals surface area contributed by atoms with Crippen molar-refractivity contribution >= 4 is 69.2 Å². The fourth-order valence-corrected chi connectivity index (χ4v) is 4.00. The lowest BCUT2D eigenvalue weighted by molar-refractivity contribution is -0.113. The second-order valence-electron chi connectivity index (χ2n) is 5.04. The van der Waals surface area contributed by atoms with Crippen LogP contribution in [-0.2, 0) is 4.79 Å². The molecule has 0 aromatic heterocycles. The standard InChI is InChI=1S/C17H11Cl2NO3S2/c1-23-13-8-11(19)5-9(15(13)21)6-14-16(22)20(17(24)25-14)12-4-2-3-10(18)7-12/h2-8,21H,1H3/b14-6+. The zero-order valence-electron chi connectivity index (χ0n) is 12.8. The summed E-state index contributed by atoms with van der Waals surface area (Å²) in [4.78, 5) is 14.5. The molecule has 2 aromatic carbocycles. The van der Waals surface area contributed by atoms with Crippen molar-refractivity contribution in [3.63, 3.8) is 0 Å². The topological polar surface area (TPSA) is 49.8 Å². The molecule has 2 aromatic rings. The van der Waals surface area contributed by atoms with Crippen molar-refractivity contribution in [2.75, 3.05) is 12.0 Å². The van der Waals surface area contributed by atoms with E-state index in [4.69, 9.17) is 40.2 Å². The van der Waals surface area contributed by atoms with Gasteiger partial charge in [-0.05, 0) is 30.3 Å². The van der Waals surface area contributed by atoms with Gasteiger partial charge >= 0.3 is 0 Å². The molecule has 1 saturated heterocycles. The summed E-state index contributed by atoms with van der Waals surface area (Å²) in [6.45, 7) is 0. The van der Waals surface area contributed by atoms with Crippen LogP contribution in [0.2, 0.25) is 10.0 Å². The van der Waals surface area contributed by atoms with Gasteiger partial charge in [-0.25, -0.2) is 0 Å². The van der Waals surface area contributed by atoms with Gasteiger partial charge in [-0.3, -0.25) is 9.69 Å². The molecule has 0 unspecified atom stereocenters. The molecule has 0 aliphatic carbocycles. The van der Waals surface area contributed by atoms with Crippen molar-refractivity contribution in [3.05, 3.63) is 56.9 Å².